The molecule has 1 aliphatic heterocycles. The fraction of sp³-hybridized carbons (Fsp3) is 0.176. The first-order chi connectivity index (χ1) is 10.2. The SMILES string of the molecule is O=C1NC(c2ccccc2)C(=O)NC1Cc1ccccc1. The van der Waals surface area contributed by atoms with Gasteiger partial charge in [0.05, 0.1) is 0 Å². The summed E-state index contributed by atoms with van der Waals surface area (Å²) in [4.78, 5) is 24.4. The first-order valence-corrected chi connectivity index (χ1v) is 6.93. The van der Waals surface area contributed by atoms with E-state index in [4.69, 9.17) is 0 Å². The molecule has 0 radical (unpaired) electrons. The Kier molecular flexibility index (Phi) is 3.69. The minimum atomic E-state index is -0.606. The Hall–Kier alpha value is -2.62. The van der Waals surface area contributed by atoms with Crippen molar-refractivity contribution in [3.63, 3.8) is 0 Å². The van der Waals surface area contributed by atoms with E-state index >= 15 is 0 Å². The quantitative estimate of drug-likeness (QED) is 0.897. The van der Waals surface area contributed by atoms with Crippen LogP contribution in [0.5, 0.6) is 0 Å². The van der Waals surface area contributed by atoms with Crippen molar-refractivity contribution in [2.45, 2.75) is 18.5 Å². The van der Waals surface area contributed by atoms with Crippen molar-refractivity contribution in [1.29, 1.82) is 0 Å². The molecule has 2 amide bonds. The van der Waals surface area contributed by atoms with E-state index in [1.807, 2.05) is 60.7 Å². The highest BCUT2D eigenvalue weighted by atomic mass is 16.2. The summed E-state index contributed by atoms with van der Waals surface area (Å²) < 4.78 is 0. The molecule has 2 aromatic carbocycles. The van der Waals surface area contributed by atoms with Crippen LogP contribution >= 0.6 is 0 Å². The Balaban J connectivity index is 1.73. The van der Waals surface area contributed by atoms with Gasteiger partial charge in [0.25, 0.3) is 0 Å². The molecule has 1 saturated heterocycles. The minimum Gasteiger partial charge on any atom is -0.342 e. The van der Waals surface area contributed by atoms with E-state index in [9.17, 15) is 9.59 Å². The normalized spacial score (nSPS) is 21.5. The van der Waals surface area contributed by atoms with Crippen LogP contribution in [0.25, 0.3) is 0 Å². The van der Waals surface area contributed by atoms with Gasteiger partial charge in [0.1, 0.15) is 12.1 Å². The van der Waals surface area contributed by atoms with Crippen LogP contribution in [-0.2, 0) is 16.0 Å². The highest BCUT2D eigenvalue weighted by molar-refractivity contribution is 5.97. The molecule has 1 heterocycles. The van der Waals surface area contributed by atoms with Crippen molar-refractivity contribution >= 4 is 11.8 Å². The molecular weight excluding hydrogens is 264 g/mol. The smallest absolute Gasteiger partial charge is 0.247 e. The Morgan fingerprint density at radius 3 is 2.05 bits per heavy atom. The lowest BCUT2D eigenvalue weighted by Gasteiger charge is -2.29. The molecule has 106 valence electrons. The number of benzene rings is 2. The van der Waals surface area contributed by atoms with Crippen LogP contribution in [0, 0.1) is 0 Å². The first-order valence-electron chi connectivity index (χ1n) is 6.93. The number of carbonyl (C=O) groups is 2. The number of hydrogen-bond donors (Lipinski definition) is 2. The van der Waals surface area contributed by atoms with Crippen LogP contribution in [0.2, 0.25) is 0 Å². The summed E-state index contributed by atoms with van der Waals surface area (Å²) in [5, 5.41) is 5.61. The Morgan fingerprint density at radius 1 is 0.762 bits per heavy atom. The van der Waals surface area contributed by atoms with Crippen molar-refractivity contribution in [2.75, 3.05) is 0 Å². The third-order valence-electron chi connectivity index (χ3n) is 3.60. The molecule has 3 rings (SSSR count). The Morgan fingerprint density at radius 2 is 1.38 bits per heavy atom. The van der Waals surface area contributed by atoms with E-state index in [1.54, 1.807) is 0 Å². The molecule has 4 nitrogen and oxygen atoms in total. The fourth-order valence-corrected chi connectivity index (χ4v) is 2.50. The lowest BCUT2D eigenvalue weighted by molar-refractivity contribution is -0.136. The van der Waals surface area contributed by atoms with Gasteiger partial charge < -0.3 is 10.6 Å². The second-order valence-corrected chi connectivity index (χ2v) is 5.10. The molecule has 2 unspecified atom stereocenters. The van der Waals surface area contributed by atoms with Gasteiger partial charge >= 0.3 is 0 Å². The van der Waals surface area contributed by atoms with Crippen LogP contribution in [0.4, 0.5) is 0 Å². The van der Waals surface area contributed by atoms with Gasteiger partial charge in [0.15, 0.2) is 0 Å². The zero-order chi connectivity index (χ0) is 14.7. The van der Waals surface area contributed by atoms with Gasteiger partial charge in [-0.15, -0.1) is 0 Å². The molecule has 0 bridgehead atoms. The summed E-state index contributed by atoms with van der Waals surface area (Å²) >= 11 is 0. The van der Waals surface area contributed by atoms with E-state index < -0.39 is 12.1 Å². The van der Waals surface area contributed by atoms with Gasteiger partial charge in [-0.2, -0.15) is 0 Å². The van der Waals surface area contributed by atoms with Crippen LogP contribution in [0.3, 0.4) is 0 Å². The number of rotatable bonds is 3. The number of carbonyl (C=O) groups excluding carboxylic acids is 2. The monoisotopic (exact) mass is 280 g/mol. The van der Waals surface area contributed by atoms with Crippen molar-refractivity contribution in [3.8, 4) is 0 Å². The van der Waals surface area contributed by atoms with Crippen molar-refractivity contribution < 1.29 is 9.59 Å². The Labute approximate surface area is 123 Å². The van der Waals surface area contributed by atoms with Crippen molar-refractivity contribution in [1.82, 2.24) is 10.6 Å². The van der Waals surface area contributed by atoms with Gasteiger partial charge in [-0.1, -0.05) is 60.7 Å². The maximum absolute atomic E-state index is 12.2. The van der Waals surface area contributed by atoms with Crippen LogP contribution in [0.1, 0.15) is 17.2 Å². The van der Waals surface area contributed by atoms with Gasteiger partial charge in [-0.3, -0.25) is 9.59 Å². The number of nitrogens with one attached hydrogen (secondary N) is 2. The minimum absolute atomic E-state index is 0.146. The molecule has 0 aromatic heterocycles. The maximum Gasteiger partial charge on any atom is 0.247 e. The average molecular weight is 280 g/mol. The topological polar surface area (TPSA) is 58.2 Å². The molecule has 21 heavy (non-hydrogen) atoms. The molecule has 1 fully saturated rings. The molecule has 2 atom stereocenters. The van der Waals surface area contributed by atoms with Crippen molar-refractivity contribution in [2.24, 2.45) is 0 Å². The summed E-state index contributed by atoms with van der Waals surface area (Å²) in [5.74, 6) is -0.311. The maximum atomic E-state index is 12.2. The predicted molar refractivity (Wildman–Crippen MR) is 79.4 cm³/mol. The van der Waals surface area contributed by atoms with E-state index in [2.05, 4.69) is 10.6 Å². The van der Waals surface area contributed by atoms with Crippen LogP contribution in [-0.4, -0.2) is 17.9 Å². The molecule has 4 heteroatoms. The Bertz CT molecular complexity index is 640. The molecule has 1 aliphatic rings. The van der Waals surface area contributed by atoms with Gasteiger partial charge in [-0.25, -0.2) is 0 Å². The van der Waals surface area contributed by atoms with E-state index in [0.29, 0.717) is 6.42 Å². The van der Waals surface area contributed by atoms with E-state index in [0.717, 1.165) is 11.1 Å². The van der Waals surface area contributed by atoms with Gasteiger partial charge in [-0.05, 0) is 11.1 Å². The average Bonchev–Trinajstić information content (AvgIpc) is 2.52. The second kappa shape index (κ2) is 5.79. The zero-order valence-corrected chi connectivity index (χ0v) is 11.5. The molecular formula is C17H16N2O2. The van der Waals surface area contributed by atoms with Gasteiger partial charge in [0, 0.05) is 6.42 Å². The molecule has 0 spiro atoms. The predicted octanol–water partition coefficient (Wildman–Crippen LogP) is 1.58. The number of hydrogen-bond acceptors (Lipinski definition) is 2. The van der Waals surface area contributed by atoms with E-state index in [-0.39, 0.29) is 11.8 Å². The lowest BCUT2D eigenvalue weighted by Crippen LogP contribution is -2.58. The highest BCUT2D eigenvalue weighted by Crippen LogP contribution is 2.17. The van der Waals surface area contributed by atoms with E-state index in [1.165, 1.54) is 0 Å². The first kappa shape index (κ1) is 13.4. The molecule has 0 aliphatic carbocycles. The van der Waals surface area contributed by atoms with Gasteiger partial charge in [0.2, 0.25) is 11.8 Å². The second-order valence-electron chi connectivity index (χ2n) is 5.10. The molecule has 0 saturated carbocycles. The third kappa shape index (κ3) is 2.94. The number of amides is 2. The summed E-state index contributed by atoms with van der Waals surface area (Å²) in [5.41, 5.74) is 1.82. The summed E-state index contributed by atoms with van der Waals surface area (Å²) in [6, 6.07) is 17.8. The number of piperazine rings is 1. The standard InChI is InChI=1S/C17H16N2O2/c20-16-14(11-12-7-3-1-4-8-12)18-17(21)15(19-16)13-9-5-2-6-10-13/h1-10,14-15H,11H2,(H,18,21)(H,19,20). The summed E-state index contributed by atoms with van der Waals surface area (Å²) in [6.07, 6.45) is 0.500. The van der Waals surface area contributed by atoms with Crippen LogP contribution in [0.15, 0.2) is 60.7 Å². The zero-order valence-electron chi connectivity index (χ0n) is 11.5. The summed E-state index contributed by atoms with van der Waals surface area (Å²) in [6.45, 7) is 0. The van der Waals surface area contributed by atoms with Crippen molar-refractivity contribution in [3.05, 3.63) is 71.8 Å². The third-order valence-corrected chi connectivity index (χ3v) is 3.60. The fourth-order valence-electron chi connectivity index (χ4n) is 2.50. The largest absolute Gasteiger partial charge is 0.342 e. The van der Waals surface area contributed by atoms with Crippen LogP contribution < -0.4 is 10.6 Å². The molecule has 2 aromatic rings. The summed E-state index contributed by atoms with van der Waals surface area (Å²) in [7, 11) is 0. The lowest BCUT2D eigenvalue weighted by atomic mass is 9.99. The highest BCUT2D eigenvalue weighted by Gasteiger charge is 2.34. The molecule has 2 N–H and O–H groups in total.